The van der Waals surface area contributed by atoms with E-state index in [9.17, 15) is 8.42 Å². The van der Waals surface area contributed by atoms with Crippen LogP contribution in [0.15, 0.2) is 30.3 Å². The van der Waals surface area contributed by atoms with E-state index in [-0.39, 0.29) is 0 Å². The molecular weight excluding hydrogens is 394 g/mol. The molecule has 1 aromatic carbocycles. The van der Waals surface area contributed by atoms with Crippen LogP contribution in [0.3, 0.4) is 0 Å². The molecule has 6 heteroatoms. The van der Waals surface area contributed by atoms with Gasteiger partial charge >= 0.3 is 0 Å². The van der Waals surface area contributed by atoms with Crippen molar-refractivity contribution in [3.63, 3.8) is 0 Å². The molecule has 2 fully saturated rings. The van der Waals surface area contributed by atoms with Crippen LogP contribution >= 0.6 is 0 Å². The van der Waals surface area contributed by atoms with Crippen LogP contribution in [0.4, 0.5) is 0 Å². The van der Waals surface area contributed by atoms with Gasteiger partial charge in [-0.15, -0.1) is 0 Å². The summed E-state index contributed by atoms with van der Waals surface area (Å²) in [5.41, 5.74) is 2.29. The summed E-state index contributed by atoms with van der Waals surface area (Å²) >= 11 is 0. The van der Waals surface area contributed by atoms with Gasteiger partial charge in [-0.25, -0.2) is 13.1 Å². The molecule has 4 rings (SSSR count). The molecule has 5 nitrogen and oxygen atoms in total. The number of fused-ring (bicyclic) bond motifs is 1. The van der Waals surface area contributed by atoms with E-state index in [0.29, 0.717) is 12.6 Å². The minimum absolute atomic E-state index is 0.354. The Morgan fingerprint density at radius 3 is 2.30 bits per heavy atom. The van der Waals surface area contributed by atoms with E-state index in [0.717, 1.165) is 49.5 Å². The Hall–Kier alpha value is -1.37. The van der Waals surface area contributed by atoms with Gasteiger partial charge in [-0.1, -0.05) is 32.0 Å². The van der Waals surface area contributed by atoms with E-state index in [1.807, 2.05) is 0 Å². The molecule has 1 N–H and O–H groups in total. The number of nitrogens with one attached hydrogen (secondary N) is 1. The normalized spacial score (nSPS) is 24.7. The molecule has 0 unspecified atom stereocenters. The number of hydrogen-bond acceptors (Lipinski definition) is 3. The summed E-state index contributed by atoms with van der Waals surface area (Å²) in [7, 11) is -3.21. The summed E-state index contributed by atoms with van der Waals surface area (Å²) in [5, 5.41) is 1.19. The molecule has 0 amide bonds. The van der Waals surface area contributed by atoms with Crippen molar-refractivity contribution in [3.05, 3.63) is 36.0 Å². The molecule has 0 atom stereocenters. The Morgan fingerprint density at radius 2 is 1.67 bits per heavy atom. The molecule has 1 aliphatic heterocycles. The minimum atomic E-state index is -3.21. The van der Waals surface area contributed by atoms with Crippen LogP contribution in [0.2, 0.25) is 0 Å². The number of sulfonamides is 1. The standard InChI is InChI=1S/C24H37N3O2S/c1-18(2)19-8-10-21(11-9-19)26-14-12-22(13-15-26)27-23(17-25-30(3,28)29)16-20-6-4-5-7-24(20)27/h4-7,16,18-19,21-22,25H,8-15,17H2,1-3H3/t19-,21+. The summed E-state index contributed by atoms with van der Waals surface area (Å²) in [6, 6.07) is 11.8. The van der Waals surface area contributed by atoms with Crippen LogP contribution < -0.4 is 4.72 Å². The monoisotopic (exact) mass is 431 g/mol. The van der Waals surface area contributed by atoms with E-state index < -0.39 is 10.0 Å². The lowest BCUT2D eigenvalue weighted by molar-refractivity contribution is 0.0889. The van der Waals surface area contributed by atoms with Crippen molar-refractivity contribution in [2.45, 2.75) is 71.0 Å². The van der Waals surface area contributed by atoms with Crippen LogP contribution in [0.25, 0.3) is 10.9 Å². The van der Waals surface area contributed by atoms with Crippen LogP contribution in [0.5, 0.6) is 0 Å². The molecule has 1 saturated heterocycles. The van der Waals surface area contributed by atoms with Crippen molar-refractivity contribution < 1.29 is 8.42 Å². The molecule has 2 heterocycles. The molecule has 1 saturated carbocycles. The molecule has 30 heavy (non-hydrogen) atoms. The van der Waals surface area contributed by atoms with Gasteiger partial charge in [0.25, 0.3) is 0 Å². The Morgan fingerprint density at radius 1 is 1.00 bits per heavy atom. The molecule has 0 spiro atoms. The summed E-state index contributed by atoms with van der Waals surface area (Å²) in [6.07, 6.45) is 8.96. The Bertz CT molecular complexity index is 950. The second-order valence-corrected chi connectivity index (χ2v) is 11.6. The fraction of sp³-hybridized carbons (Fsp3) is 0.667. The predicted octanol–water partition coefficient (Wildman–Crippen LogP) is 4.54. The van der Waals surface area contributed by atoms with E-state index in [1.54, 1.807) is 0 Å². The number of likely N-dealkylation sites (tertiary alicyclic amines) is 1. The summed E-state index contributed by atoms with van der Waals surface area (Å²) < 4.78 is 28.4. The number of para-hydroxylation sites is 1. The zero-order valence-electron chi connectivity index (χ0n) is 18.7. The maximum Gasteiger partial charge on any atom is 0.209 e. The first kappa shape index (κ1) is 21.8. The third kappa shape index (κ3) is 4.92. The molecule has 166 valence electrons. The van der Waals surface area contributed by atoms with Gasteiger partial charge in [-0.2, -0.15) is 0 Å². The van der Waals surface area contributed by atoms with Crippen LogP contribution in [0.1, 0.15) is 64.1 Å². The second-order valence-electron chi connectivity index (χ2n) is 9.74. The highest BCUT2D eigenvalue weighted by Crippen LogP contribution is 2.36. The fourth-order valence-corrected chi connectivity index (χ4v) is 6.06. The topological polar surface area (TPSA) is 54.3 Å². The first-order valence-corrected chi connectivity index (χ1v) is 13.5. The zero-order valence-corrected chi connectivity index (χ0v) is 19.5. The first-order chi connectivity index (χ1) is 14.3. The molecule has 1 aromatic heterocycles. The highest BCUT2D eigenvalue weighted by Gasteiger charge is 2.31. The van der Waals surface area contributed by atoms with Crippen LogP contribution in [-0.4, -0.2) is 43.3 Å². The van der Waals surface area contributed by atoms with Gasteiger partial charge in [0, 0.05) is 36.4 Å². The number of nitrogens with zero attached hydrogens (tertiary/aromatic N) is 2. The number of benzene rings is 1. The van der Waals surface area contributed by atoms with E-state index in [2.05, 4.69) is 58.4 Å². The minimum Gasteiger partial charge on any atom is -0.340 e. The van der Waals surface area contributed by atoms with Crippen molar-refractivity contribution in [3.8, 4) is 0 Å². The van der Waals surface area contributed by atoms with E-state index in [1.165, 1.54) is 42.8 Å². The number of hydrogen-bond donors (Lipinski definition) is 1. The van der Waals surface area contributed by atoms with Gasteiger partial charge in [0.2, 0.25) is 10.0 Å². The van der Waals surface area contributed by atoms with Crippen molar-refractivity contribution in [2.75, 3.05) is 19.3 Å². The number of piperidine rings is 1. The lowest BCUT2D eigenvalue weighted by atomic mass is 9.79. The smallest absolute Gasteiger partial charge is 0.209 e. The van der Waals surface area contributed by atoms with Gasteiger partial charge < -0.3 is 9.47 Å². The van der Waals surface area contributed by atoms with E-state index >= 15 is 0 Å². The SMILES string of the molecule is CC(C)[C@H]1CC[C@@H](N2CCC(n3c(CNS(C)(=O)=O)cc4ccccc43)CC2)CC1. The molecule has 1 aliphatic carbocycles. The Labute approximate surface area is 181 Å². The lowest BCUT2D eigenvalue weighted by Gasteiger charge is -2.42. The van der Waals surface area contributed by atoms with Gasteiger partial charge in [0.15, 0.2) is 0 Å². The van der Waals surface area contributed by atoms with Crippen LogP contribution in [0, 0.1) is 11.8 Å². The van der Waals surface area contributed by atoms with Gasteiger partial charge in [0.1, 0.15) is 0 Å². The fourth-order valence-electron chi connectivity index (χ4n) is 5.65. The summed E-state index contributed by atoms with van der Waals surface area (Å²) in [6.45, 7) is 7.38. The zero-order chi connectivity index (χ0) is 21.3. The van der Waals surface area contributed by atoms with Gasteiger partial charge in [-0.3, -0.25) is 0 Å². The van der Waals surface area contributed by atoms with Crippen molar-refractivity contribution >= 4 is 20.9 Å². The second kappa shape index (κ2) is 9.01. The molecule has 2 aliphatic rings. The molecule has 0 radical (unpaired) electrons. The first-order valence-electron chi connectivity index (χ1n) is 11.6. The van der Waals surface area contributed by atoms with E-state index in [4.69, 9.17) is 0 Å². The van der Waals surface area contributed by atoms with Crippen molar-refractivity contribution in [2.24, 2.45) is 11.8 Å². The number of rotatable bonds is 6. The van der Waals surface area contributed by atoms with Gasteiger partial charge in [0.05, 0.1) is 12.8 Å². The maximum atomic E-state index is 11.7. The Balaban J connectivity index is 1.45. The van der Waals surface area contributed by atoms with Crippen LogP contribution in [-0.2, 0) is 16.6 Å². The van der Waals surface area contributed by atoms with Crippen molar-refractivity contribution in [1.82, 2.24) is 14.2 Å². The molecule has 2 aromatic rings. The quantitative estimate of drug-likeness (QED) is 0.730. The average molecular weight is 432 g/mol. The molecular formula is C24H37N3O2S. The number of aromatic nitrogens is 1. The molecule has 0 bridgehead atoms. The third-order valence-corrected chi connectivity index (χ3v) is 8.08. The summed E-state index contributed by atoms with van der Waals surface area (Å²) in [4.78, 5) is 2.73. The summed E-state index contributed by atoms with van der Waals surface area (Å²) in [5.74, 6) is 1.73. The van der Waals surface area contributed by atoms with Crippen molar-refractivity contribution in [1.29, 1.82) is 0 Å². The Kier molecular flexibility index (Phi) is 6.56. The predicted molar refractivity (Wildman–Crippen MR) is 124 cm³/mol. The van der Waals surface area contributed by atoms with Gasteiger partial charge in [-0.05, 0) is 67.9 Å². The lowest BCUT2D eigenvalue weighted by Crippen LogP contribution is -2.44. The third-order valence-electron chi connectivity index (χ3n) is 7.41. The largest absolute Gasteiger partial charge is 0.340 e. The average Bonchev–Trinajstić information content (AvgIpc) is 3.10. The maximum absolute atomic E-state index is 11.7. The highest BCUT2D eigenvalue weighted by molar-refractivity contribution is 7.88. The highest BCUT2D eigenvalue weighted by atomic mass is 32.2.